The van der Waals surface area contributed by atoms with Gasteiger partial charge < -0.3 is 18.9 Å². The van der Waals surface area contributed by atoms with Crippen LogP contribution in [0.4, 0.5) is 10.1 Å². The van der Waals surface area contributed by atoms with Crippen LogP contribution < -0.4 is 14.2 Å². The van der Waals surface area contributed by atoms with Crippen LogP contribution in [0, 0.1) is 15.9 Å². The van der Waals surface area contributed by atoms with Gasteiger partial charge in [0.05, 0.1) is 31.8 Å². The van der Waals surface area contributed by atoms with E-state index in [1.165, 1.54) is 45.6 Å². The number of hydrogen-bond acceptors (Lipinski definition) is 7. The zero-order chi connectivity index (χ0) is 18.6. The first-order valence-corrected chi connectivity index (χ1v) is 6.88. The molecule has 0 fully saturated rings. The van der Waals surface area contributed by atoms with Crippen molar-refractivity contribution in [1.82, 2.24) is 0 Å². The summed E-state index contributed by atoms with van der Waals surface area (Å²) in [5, 5.41) is 11.1. The Hall–Kier alpha value is -3.36. The summed E-state index contributed by atoms with van der Waals surface area (Å²) in [7, 11) is 3.83. The average molecular weight is 351 g/mol. The van der Waals surface area contributed by atoms with Crippen molar-refractivity contribution in [3.05, 3.63) is 51.8 Å². The van der Waals surface area contributed by atoms with Crippen molar-refractivity contribution < 1.29 is 33.1 Å². The van der Waals surface area contributed by atoms with E-state index in [1.54, 1.807) is 0 Å². The highest BCUT2D eigenvalue weighted by Gasteiger charge is 2.25. The molecule has 25 heavy (non-hydrogen) atoms. The SMILES string of the molecule is COC(=O)c1cc(OC)c(Oc2cccc(F)c2[N+](=O)[O-])c(OC)c1. The van der Waals surface area contributed by atoms with Crippen LogP contribution in [-0.4, -0.2) is 32.2 Å². The van der Waals surface area contributed by atoms with Crippen molar-refractivity contribution in [2.75, 3.05) is 21.3 Å². The minimum absolute atomic E-state index is 0.0497. The van der Waals surface area contributed by atoms with E-state index in [0.717, 1.165) is 6.07 Å². The van der Waals surface area contributed by atoms with Crippen molar-refractivity contribution in [2.24, 2.45) is 0 Å². The number of nitro benzene ring substituents is 1. The van der Waals surface area contributed by atoms with E-state index in [4.69, 9.17) is 14.2 Å². The molecule has 2 aromatic carbocycles. The van der Waals surface area contributed by atoms with Crippen LogP contribution >= 0.6 is 0 Å². The largest absolute Gasteiger partial charge is 0.493 e. The van der Waals surface area contributed by atoms with Crippen LogP contribution in [0.5, 0.6) is 23.0 Å². The van der Waals surface area contributed by atoms with Crippen LogP contribution in [0.1, 0.15) is 10.4 Å². The van der Waals surface area contributed by atoms with Gasteiger partial charge in [0.15, 0.2) is 11.5 Å². The molecule has 0 aliphatic carbocycles. The first kappa shape index (κ1) is 18.0. The van der Waals surface area contributed by atoms with Gasteiger partial charge >= 0.3 is 11.7 Å². The van der Waals surface area contributed by atoms with Crippen molar-refractivity contribution in [1.29, 1.82) is 0 Å². The molecule has 0 saturated heterocycles. The molecule has 0 saturated carbocycles. The van der Waals surface area contributed by atoms with E-state index in [-0.39, 0.29) is 28.6 Å². The van der Waals surface area contributed by atoms with Crippen molar-refractivity contribution in [2.45, 2.75) is 0 Å². The van der Waals surface area contributed by atoms with Gasteiger partial charge in [0.25, 0.3) is 0 Å². The fraction of sp³-hybridized carbons (Fsp3) is 0.188. The summed E-state index contributed by atoms with van der Waals surface area (Å²) in [6, 6.07) is 6.07. The summed E-state index contributed by atoms with van der Waals surface area (Å²) in [6.07, 6.45) is 0. The van der Waals surface area contributed by atoms with Crippen molar-refractivity contribution in [3.63, 3.8) is 0 Å². The number of benzene rings is 2. The molecular formula is C16H14FNO7. The maximum atomic E-state index is 13.7. The lowest BCUT2D eigenvalue weighted by molar-refractivity contribution is -0.388. The second-order valence-corrected chi connectivity index (χ2v) is 4.65. The second-order valence-electron chi connectivity index (χ2n) is 4.65. The van der Waals surface area contributed by atoms with E-state index < -0.39 is 22.4 Å². The molecule has 0 amide bonds. The highest BCUT2D eigenvalue weighted by atomic mass is 19.1. The number of nitro groups is 1. The van der Waals surface area contributed by atoms with Gasteiger partial charge in [-0.3, -0.25) is 10.1 Å². The molecule has 0 aromatic heterocycles. The number of ether oxygens (including phenoxy) is 4. The highest BCUT2D eigenvalue weighted by molar-refractivity contribution is 5.91. The van der Waals surface area contributed by atoms with Gasteiger partial charge in [0.2, 0.25) is 17.3 Å². The third-order valence-electron chi connectivity index (χ3n) is 3.23. The summed E-state index contributed by atoms with van der Waals surface area (Å²) < 4.78 is 34.1. The normalized spacial score (nSPS) is 10.1. The number of nitrogens with zero attached hydrogens (tertiary/aromatic N) is 1. The van der Waals surface area contributed by atoms with Crippen LogP contribution in [0.25, 0.3) is 0 Å². The number of hydrogen-bond donors (Lipinski definition) is 0. The molecule has 0 heterocycles. The summed E-state index contributed by atoms with van der Waals surface area (Å²) in [5.74, 6) is -1.97. The number of halogens is 1. The van der Waals surface area contributed by atoms with E-state index in [2.05, 4.69) is 4.74 Å². The number of carbonyl (C=O) groups excluding carboxylic acids is 1. The fourth-order valence-corrected chi connectivity index (χ4v) is 2.08. The van der Waals surface area contributed by atoms with Crippen LogP contribution in [0.15, 0.2) is 30.3 Å². The van der Waals surface area contributed by atoms with Gasteiger partial charge in [-0.15, -0.1) is 0 Å². The lowest BCUT2D eigenvalue weighted by Crippen LogP contribution is -2.04. The van der Waals surface area contributed by atoms with Crippen LogP contribution in [-0.2, 0) is 4.74 Å². The van der Waals surface area contributed by atoms with Crippen molar-refractivity contribution >= 4 is 11.7 Å². The first-order chi connectivity index (χ1) is 11.9. The molecule has 0 spiro atoms. The summed E-state index contributed by atoms with van der Waals surface area (Å²) in [5.41, 5.74) is -0.707. The molecule has 0 radical (unpaired) electrons. The number of para-hydroxylation sites is 1. The maximum Gasteiger partial charge on any atom is 0.346 e. The summed E-state index contributed by atoms with van der Waals surface area (Å²) in [6.45, 7) is 0. The molecule has 0 aliphatic heterocycles. The fourth-order valence-electron chi connectivity index (χ4n) is 2.08. The molecule has 9 heteroatoms. The monoisotopic (exact) mass is 351 g/mol. The predicted octanol–water partition coefficient (Wildman–Crippen LogP) is 3.33. The van der Waals surface area contributed by atoms with Gasteiger partial charge in [0.1, 0.15) is 0 Å². The molecule has 0 N–H and O–H groups in total. The standard InChI is InChI=1S/C16H14FNO7/c1-22-12-7-9(16(19)24-3)8-13(23-2)15(12)25-11-6-4-5-10(17)14(11)18(20)21/h4-8H,1-3H3. The van der Waals surface area contributed by atoms with Gasteiger partial charge in [-0.05, 0) is 24.3 Å². The van der Waals surface area contributed by atoms with Crippen molar-refractivity contribution in [3.8, 4) is 23.0 Å². The van der Waals surface area contributed by atoms with E-state index in [9.17, 15) is 19.3 Å². The van der Waals surface area contributed by atoms with Gasteiger partial charge in [0, 0.05) is 0 Å². The van der Waals surface area contributed by atoms with E-state index >= 15 is 0 Å². The van der Waals surface area contributed by atoms with E-state index in [1.807, 2.05) is 0 Å². The zero-order valence-electron chi connectivity index (χ0n) is 13.6. The number of methoxy groups -OCH3 is 3. The quantitative estimate of drug-likeness (QED) is 0.447. The molecule has 8 nitrogen and oxygen atoms in total. The lowest BCUT2D eigenvalue weighted by atomic mass is 10.2. The third kappa shape index (κ3) is 3.60. The molecule has 0 bridgehead atoms. The molecule has 132 valence electrons. The van der Waals surface area contributed by atoms with Crippen LogP contribution in [0.3, 0.4) is 0 Å². The minimum atomic E-state index is -1.05. The van der Waals surface area contributed by atoms with Gasteiger partial charge in [-0.2, -0.15) is 4.39 Å². The molecule has 0 aliphatic rings. The molecular weight excluding hydrogens is 337 g/mol. The lowest BCUT2D eigenvalue weighted by Gasteiger charge is -2.15. The Bertz CT molecular complexity index is 797. The second kappa shape index (κ2) is 7.47. The Morgan fingerprint density at radius 1 is 1.08 bits per heavy atom. The Kier molecular flexibility index (Phi) is 5.38. The van der Waals surface area contributed by atoms with E-state index in [0.29, 0.717) is 0 Å². The number of rotatable bonds is 6. The first-order valence-electron chi connectivity index (χ1n) is 6.88. The Morgan fingerprint density at radius 3 is 2.16 bits per heavy atom. The number of carbonyl (C=O) groups is 1. The Balaban J connectivity index is 2.59. The third-order valence-corrected chi connectivity index (χ3v) is 3.23. The summed E-state index contributed by atoms with van der Waals surface area (Å²) in [4.78, 5) is 21.9. The molecule has 0 atom stereocenters. The molecule has 0 unspecified atom stereocenters. The predicted molar refractivity (Wildman–Crippen MR) is 84.0 cm³/mol. The average Bonchev–Trinajstić information content (AvgIpc) is 2.60. The zero-order valence-corrected chi connectivity index (χ0v) is 13.6. The van der Waals surface area contributed by atoms with Crippen LogP contribution in [0.2, 0.25) is 0 Å². The Morgan fingerprint density at radius 2 is 1.68 bits per heavy atom. The Labute approximate surface area is 141 Å². The summed E-state index contributed by atoms with van der Waals surface area (Å²) >= 11 is 0. The number of esters is 1. The van der Waals surface area contributed by atoms with Gasteiger partial charge in [-0.25, -0.2) is 4.79 Å². The molecule has 2 rings (SSSR count). The topological polar surface area (TPSA) is 97.1 Å². The minimum Gasteiger partial charge on any atom is -0.493 e. The highest BCUT2D eigenvalue weighted by Crippen LogP contribution is 2.44. The van der Waals surface area contributed by atoms with Gasteiger partial charge in [-0.1, -0.05) is 6.07 Å². The smallest absolute Gasteiger partial charge is 0.346 e. The molecule has 2 aromatic rings. The maximum absolute atomic E-state index is 13.7.